The highest BCUT2D eigenvalue weighted by Crippen LogP contribution is 2.45. The molecule has 1 atom stereocenters. The summed E-state index contributed by atoms with van der Waals surface area (Å²) in [6.07, 6.45) is 7.42. The molecule has 0 saturated carbocycles. The van der Waals surface area contributed by atoms with Crippen molar-refractivity contribution in [2.45, 2.75) is 110 Å². The molecule has 0 spiro atoms. The number of terminal acetylenes is 1. The minimum atomic E-state index is -2.34. The van der Waals surface area contributed by atoms with E-state index in [9.17, 15) is 14.0 Å². The van der Waals surface area contributed by atoms with Crippen molar-refractivity contribution in [3.8, 4) is 18.2 Å². The zero-order chi connectivity index (χ0) is 38.4. The SMILES string of the molecule is C#CCn1cc(C[C@H](NC(=O)OC(C)(C)C)C(=O)N2CC(C)(C)c3nc(O[Si](C)(C)C(C)(C)C)c(Cc4ccc(F)cc4)cc32)c2c(Cl)cccc21. The lowest BCUT2D eigenvalue weighted by atomic mass is 9.91. The van der Waals surface area contributed by atoms with Crippen LogP contribution in [0, 0.1) is 18.2 Å². The molecule has 0 saturated heterocycles. The van der Waals surface area contributed by atoms with Crippen molar-refractivity contribution in [2.75, 3.05) is 11.4 Å². The fourth-order valence-electron chi connectivity index (χ4n) is 6.25. The number of aromatic nitrogens is 2. The topological polar surface area (TPSA) is 85.7 Å². The van der Waals surface area contributed by atoms with E-state index in [-0.39, 0.29) is 23.2 Å². The van der Waals surface area contributed by atoms with E-state index in [1.165, 1.54) is 12.1 Å². The minimum absolute atomic E-state index is 0.0921. The molecule has 2 amide bonds. The van der Waals surface area contributed by atoms with E-state index < -0.39 is 31.5 Å². The number of anilines is 1. The predicted molar refractivity (Wildman–Crippen MR) is 209 cm³/mol. The average molecular weight is 745 g/mol. The number of nitrogens with one attached hydrogen (secondary N) is 1. The normalized spacial score (nSPS) is 14.9. The van der Waals surface area contributed by atoms with E-state index in [0.29, 0.717) is 36.1 Å². The number of nitrogens with zero attached hydrogens (tertiary/aromatic N) is 3. The molecule has 2 aromatic heterocycles. The molecule has 0 aliphatic carbocycles. The van der Waals surface area contributed by atoms with Gasteiger partial charge in [0.05, 0.1) is 28.5 Å². The van der Waals surface area contributed by atoms with E-state index in [2.05, 4.69) is 45.1 Å². The summed E-state index contributed by atoms with van der Waals surface area (Å²) in [7, 11) is -2.34. The summed E-state index contributed by atoms with van der Waals surface area (Å²) in [5.41, 5.74) is 3.28. The zero-order valence-electron chi connectivity index (χ0n) is 31.9. The first-order chi connectivity index (χ1) is 24.1. The largest absolute Gasteiger partial charge is 0.530 e. The number of rotatable bonds is 9. The van der Waals surface area contributed by atoms with Crippen molar-refractivity contribution in [1.82, 2.24) is 14.9 Å². The molecule has 1 aliphatic rings. The standard InChI is InChI=1S/C41H50ClFN4O4Si/c1-12-20-46-24-28(34-30(42)14-13-15-32(34)46)22-31(44-38(49)50-39(2,3)4)37(48)47-25-41(8,9)35-33(47)23-27(21-26-16-18-29(43)19-17-26)36(45-35)51-52(10,11)40(5,6)7/h1,13-19,23-24,31H,20-22,25H2,2-11H3,(H,44,49)/t31-/m0/s1. The third-order valence-corrected chi connectivity index (χ3v) is 14.5. The molecule has 4 aromatic rings. The van der Waals surface area contributed by atoms with Crippen LogP contribution in [-0.2, 0) is 34.3 Å². The van der Waals surface area contributed by atoms with Crippen LogP contribution in [0.25, 0.3) is 10.9 Å². The van der Waals surface area contributed by atoms with E-state index in [4.69, 9.17) is 32.2 Å². The Bertz CT molecular complexity index is 2040. The number of fused-ring (bicyclic) bond motifs is 2. The highest BCUT2D eigenvalue weighted by molar-refractivity contribution is 6.74. The molecule has 0 unspecified atom stereocenters. The fourth-order valence-corrected chi connectivity index (χ4v) is 7.50. The number of hydrogen-bond acceptors (Lipinski definition) is 5. The second kappa shape index (κ2) is 14.2. The third kappa shape index (κ3) is 8.32. The van der Waals surface area contributed by atoms with Gasteiger partial charge in [0.25, 0.3) is 8.32 Å². The van der Waals surface area contributed by atoms with Gasteiger partial charge in [-0.3, -0.25) is 4.79 Å². The maximum Gasteiger partial charge on any atom is 0.408 e. The molecule has 5 rings (SSSR count). The van der Waals surface area contributed by atoms with Crippen molar-refractivity contribution in [2.24, 2.45) is 0 Å². The monoisotopic (exact) mass is 744 g/mol. The first-order valence-corrected chi connectivity index (χ1v) is 20.9. The first-order valence-electron chi connectivity index (χ1n) is 17.6. The molecule has 276 valence electrons. The molecule has 8 nitrogen and oxygen atoms in total. The predicted octanol–water partition coefficient (Wildman–Crippen LogP) is 9.20. The number of hydrogen-bond donors (Lipinski definition) is 1. The number of amides is 2. The van der Waals surface area contributed by atoms with Crippen LogP contribution in [0.4, 0.5) is 14.9 Å². The molecular weight excluding hydrogens is 695 g/mol. The van der Waals surface area contributed by atoms with Crippen LogP contribution < -0.4 is 14.6 Å². The molecule has 3 heterocycles. The van der Waals surface area contributed by atoms with Crippen molar-refractivity contribution in [3.63, 3.8) is 0 Å². The Labute approximate surface area is 313 Å². The number of carbonyl (C=O) groups excluding carboxylic acids is 2. The number of ether oxygens (including phenoxy) is 1. The van der Waals surface area contributed by atoms with Gasteiger partial charge in [-0.25, -0.2) is 14.2 Å². The highest BCUT2D eigenvalue weighted by Gasteiger charge is 2.45. The maximum atomic E-state index is 14.9. The fraction of sp³-hybridized carbons (Fsp3) is 0.439. The first kappa shape index (κ1) is 38.9. The van der Waals surface area contributed by atoms with Crippen LogP contribution in [0.5, 0.6) is 5.88 Å². The molecule has 0 radical (unpaired) electrons. The lowest BCUT2D eigenvalue weighted by Crippen LogP contribution is -2.51. The van der Waals surface area contributed by atoms with Gasteiger partial charge in [0.15, 0.2) is 0 Å². The van der Waals surface area contributed by atoms with Gasteiger partial charge in [0, 0.05) is 41.9 Å². The van der Waals surface area contributed by atoms with Gasteiger partial charge in [-0.15, -0.1) is 6.42 Å². The van der Waals surface area contributed by atoms with Gasteiger partial charge in [0.1, 0.15) is 17.5 Å². The number of carbonyl (C=O) groups is 2. The van der Waals surface area contributed by atoms with Crippen LogP contribution in [0.2, 0.25) is 23.2 Å². The summed E-state index contributed by atoms with van der Waals surface area (Å²) in [5.74, 6) is 2.56. The summed E-state index contributed by atoms with van der Waals surface area (Å²) >= 11 is 6.73. The van der Waals surface area contributed by atoms with Crippen LogP contribution in [-0.4, -0.2) is 48.1 Å². The third-order valence-electron chi connectivity index (χ3n) is 9.87. The van der Waals surface area contributed by atoms with E-state index >= 15 is 0 Å². The van der Waals surface area contributed by atoms with Crippen LogP contribution in [0.15, 0.2) is 54.7 Å². The lowest BCUT2D eigenvalue weighted by Gasteiger charge is -2.36. The van der Waals surface area contributed by atoms with Crippen LogP contribution in [0.1, 0.15) is 77.8 Å². The van der Waals surface area contributed by atoms with Gasteiger partial charge in [-0.1, -0.05) is 70.3 Å². The Morgan fingerprint density at radius 3 is 2.38 bits per heavy atom. The van der Waals surface area contributed by atoms with Crippen molar-refractivity contribution in [1.29, 1.82) is 0 Å². The Morgan fingerprint density at radius 1 is 1.10 bits per heavy atom. The van der Waals surface area contributed by atoms with Gasteiger partial charge >= 0.3 is 6.09 Å². The van der Waals surface area contributed by atoms with Gasteiger partial charge in [-0.05, 0) is 80.4 Å². The molecule has 1 aliphatic heterocycles. The highest BCUT2D eigenvalue weighted by atomic mass is 35.5. The number of benzene rings is 2. The Balaban J connectivity index is 1.61. The van der Waals surface area contributed by atoms with Crippen molar-refractivity contribution in [3.05, 3.63) is 88.0 Å². The maximum absolute atomic E-state index is 14.9. The Hall–Kier alpha value is -4.33. The second-order valence-electron chi connectivity index (χ2n) is 16.8. The summed E-state index contributed by atoms with van der Waals surface area (Å²) in [5, 5.41) is 4.07. The average Bonchev–Trinajstić information content (AvgIpc) is 3.50. The van der Waals surface area contributed by atoms with Gasteiger partial charge < -0.3 is 23.9 Å². The zero-order valence-corrected chi connectivity index (χ0v) is 33.7. The van der Waals surface area contributed by atoms with Gasteiger partial charge in [0.2, 0.25) is 11.8 Å². The van der Waals surface area contributed by atoms with Crippen molar-refractivity contribution < 1.29 is 23.1 Å². The van der Waals surface area contributed by atoms with E-state index in [0.717, 1.165) is 33.3 Å². The molecule has 11 heteroatoms. The van der Waals surface area contributed by atoms with E-state index in [1.54, 1.807) is 43.9 Å². The summed E-state index contributed by atoms with van der Waals surface area (Å²) < 4.78 is 28.3. The lowest BCUT2D eigenvalue weighted by molar-refractivity contribution is -0.120. The van der Waals surface area contributed by atoms with Crippen molar-refractivity contribution >= 4 is 48.5 Å². The second-order valence-corrected chi connectivity index (χ2v) is 21.9. The number of alkyl carbamates (subject to hydrolysis) is 1. The summed E-state index contributed by atoms with van der Waals surface area (Å²) in [6, 6.07) is 12.9. The molecule has 2 aromatic carbocycles. The molecule has 52 heavy (non-hydrogen) atoms. The van der Waals surface area contributed by atoms with E-state index in [1.807, 2.05) is 42.8 Å². The number of halogens is 2. The summed E-state index contributed by atoms with van der Waals surface area (Å²) in [4.78, 5) is 35.1. The molecular formula is C41H50ClFN4O4Si. The minimum Gasteiger partial charge on any atom is -0.530 e. The van der Waals surface area contributed by atoms with Crippen LogP contribution in [0.3, 0.4) is 0 Å². The molecule has 1 N–H and O–H groups in total. The quantitative estimate of drug-likeness (QED) is 0.137. The smallest absolute Gasteiger partial charge is 0.408 e. The molecule has 0 fully saturated rings. The van der Waals surface area contributed by atoms with Gasteiger partial charge in [-0.2, -0.15) is 0 Å². The Morgan fingerprint density at radius 2 is 1.77 bits per heavy atom. The van der Waals surface area contributed by atoms with Crippen LogP contribution >= 0.6 is 11.6 Å². The molecule has 0 bridgehead atoms. The summed E-state index contributed by atoms with van der Waals surface area (Å²) in [6.45, 7) is 20.9. The Kier molecular flexibility index (Phi) is 10.7. The number of pyridine rings is 1.